The largest absolute Gasteiger partial charge is 0.453 e. The molecule has 182 valence electrons. The number of carbonyl (C=O) groups is 2. The zero-order valence-corrected chi connectivity index (χ0v) is 19.4. The van der Waals surface area contributed by atoms with Crippen molar-refractivity contribution in [1.82, 2.24) is 9.97 Å². The minimum absolute atomic E-state index is 0.0135. The first-order chi connectivity index (χ1) is 17.3. The monoisotopic (exact) mass is 509 g/mol. The van der Waals surface area contributed by atoms with Crippen LogP contribution in [0.25, 0.3) is 0 Å². The number of halogens is 3. The topological polar surface area (TPSA) is 105 Å². The SMILES string of the molecule is CC(=O)Nc1nccc(Oc2ccc(Nc3ncccc3C(=O)Nc3ccc(F)cc3)cc2F)c1Cl. The van der Waals surface area contributed by atoms with Crippen LogP contribution in [0.2, 0.25) is 5.02 Å². The first-order valence-corrected chi connectivity index (χ1v) is 10.9. The van der Waals surface area contributed by atoms with E-state index in [2.05, 4.69) is 25.9 Å². The summed E-state index contributed by atoms with van der Waals surface area (Å²) < 4.78 is 33.5. The molecule has 0 fully saturated rings. The quantitative estimate of drug-likeness (QED) is 0.276. The first kappa shape index (κ1) is 24.6. The van der Waals surface area contributed by atoms with Gasteiger partial charge in [0.05, 0.1) is 5.56 Å². The van der Waals surface area contributed by atoms with Crippen molar-refractivity contribution in [3.63, 3.8) is 0 Å². The summed E-state index contributed by atoms with van der Waals surface area (Å²) in [7, 11) is 0. The van der Waals surface area contributed by atoms with Crippen LogP contribution >= 0.6 is 11.6 Å². The molecule has 0 unspecified atom stereocenters. The number of carbonyl (C=O) groups excluding carboxylic acids is 2. The predicted octanol–water partition coefficient (Wildman–Crippen LogP) is 6.15. The molecule has 0 spiro atoms. The Bertz CT molecular complexity index is 1430. The standard InChI is InChI=1S/C25H18ClF2N5O3/c1-14(34)31-24-22(26)21(10-12-30-24)36-20-9-8-17(13-19(20)28)32-23-18(3-2-11-29-23)25(35)33-16-6-4-15(27)5-7-16/h2-13H,1H3,(H,29,32)(H,33,35)(H,30,31,34). The molecule has 11 heteroatoms. The molecule has 0 saturated heterocycles. The second-order valence-corrected chi connectivity index (χ2v) is 7.76. The highest BCUT2D eigenvalue weighted by atomic mass is 35.5. The molecule has 0 radical (unpaired) electrons. The molecule has 2 aromatic carbocycles. The minimum Gasteiger partial charge on any atom is -0.453 e. The van der Waals surface area contributed by atoms with Gasteiger partial charge in [0, 0.05) is 42.8 Å². The van der Waals surface area contributed by atoms with E-state index in [0.29, 0.717) is 11.4 Å². The fourth-order valence-electron chi connectivity index (χ4n) is 3.10. The lowest BCUT2D eigenvalue weighted by Crippen LogP contribution is -2.14. The van der Waals surface area contributed by atoms with Crippen LogP contribution in [-0.4, -0.2) is 21.8 Å². The van der Waals surface area contributed by atoms with Crippen LogP contribution in [0.5, 0.6) is 11.5 Å². The van der Waals surface area contributed by atoms with Gasteiger partial charge < -0.3 is 20.7 Å². The smallest absolute Gasteiger partial charge is 0.259 e. The summed E-state index contributed by atoms with van der Waals surface area (Å²) >= 11 is 6.20. The zero-order chi connectivity index (χ0) is 25.7. The molecule has 0 atom stereocenters. The van der Waals surface area contributed by atoms with Gasteiger partial charge in [-0.25, -0.2) is 18.7 Å². The minimum atomic E-state index is -0.720. The van der Waals surface area contributed by atoms with Gasteiger partial charge in [0.25, 0.3) is 5.91 Å². The van der Waals surface area contributed by atoms with E-state index < -0.39 is 17.5 Å². The van der Waals surface area contributed by atoms with Crippen molar-refractivity contribution in [2.45, 2.75) is 6.92 Å². The summed E-state index contributed by atoms with van der Waals surface area (Å²) in [6.45, 7) is 1.30. The number of benzene rings is 2. The van der Waals surface area contributed by atoms with Crippen LogP contribution in [-0.2, 0) is 4.79 Å². The molecule has 2 aromatic heterocycles. The number of hydrogen-bond donors (Lipinski definition) is 3. The lowest BCUT2D eigenvalue weighted by Gasteiger charge is -2.13. The van der Waals surface area contributed by atoms with Crippen molar-refractivity contribution in [2.75, 3.05) is 16.0 Å². The Labute approximate surface area is 209 Å². The number of hydrogen-bond acceptors (Lipinski definition) is 6. The first-order valence-electron chi connectivity index (χ1n) is 10.5. The van der Waals surface area contributed by atoms with E-state index in [0.717, 1.165) is 6.07 Å². The van der Waals surface area contributed by atoms with Crippen molar-refractivity contribution >= 4 is 46.4 Å². The van der Waals surface area contributed by atoms with E-state index in [1.165, 1.54) is 61.8 Å². The normalized spacial score (nSPS) is 10.4. The molecule has 0 aliphatic carbocycles. The lowest BCUT2D eigenvalue weighted by molar-refractivity contribution is -0.114. The van der Waals surface area contributed by atoms with E-state index in [1.54, 1.807) is 12.1 Å². The van der Waals surface area contributed by atoms with Gasteiger partial charge in [-0.15, -0.1) is 0 Å². The number of pyridine rings is 2. The van der Waals surface area contributed by atoms with Gasteiger partial charge in [-0.05, 0) is 48.5 Å². The maximum atomic E-state index is 14.8. The maximum absolute atomic E-state index is 14.8. The van der Waals surface area contributed by atoms with Gasteiger partial charge in [0.1, 0.15) is 16.7 Å². The molecule has 4 aromatic rings. The van der Waals surface area contributed by atoms with E-state index in [9.17, 15) is 18.4 Å². The number of ether oxygens (including phenoxy) is 1. The Hall–Kier alpha value is -4.57. The third-order valence-electron chi connectivity index (χ3n) is 4.72. The second kappa shape index (κ2) is 10.8. The van der Waals surface area contributed by atoms with Crippen LogP contribution in [0.15, 0.2) is 73.1 Å². The molecule has 8 nitrogen and oxygen atoms in total. The summed E-state index contributed by atoms with van der Waals surface area (Å²) in [4.78, 5) is 32.1. The fourth-order valence-corrected chi connectivity index (χ4v) is 3.29. The average molecular weight is 510 g/mol. The third kappa shape index (κ3) is 5.91. The zero-order valence-electron chi connectivity index (χ0n) is 18.7. The van der Waals surface area contributed by atoms with Gasteiger partial charge in [0.2, 0.25) is 5.91 Å². The Kier molecular flexibility index (Phi) is 7.36. The number of rotatable bonds is 7. The number of aromatic nitrogens is 2. The van der Waals surface area contributed by atoms with Crippen LogP contribution in [0.4, 0.5) is 31.8 Å². The summed E-state index contributed by atoms with van der Waals surface area (Å²) in [5.41, 5.74) is 0.894. The van der Waals surface area contributed by atoms with Crippen molar-refractivity contribution in [2.24, 2.45) is 0 Å². The molecule has 36 heavy (non-hydrogen) atoms. The Morgan fingerprint density at radius 2 is 1.58 bits per heavy atom. The van der Waals surface area contributed by atoms with Crippen molar-refractivity contribution in [3.8, 4) is 11.5 Å². The molecule has 4 rings (SSSR count). The highest BCUT2D eigenvalue weighted by molar-refractivity contribution is 6.34. The Balaban J connectivity index is 1.51. The highest BCUT2D eigenvalue weighted by Gasteiger charge is 2.16. The summed E-state index contributed by atoms with van der Waals surface area (Å²) in [5.74, 6) is -1.77. The van der Waals surface area contributed by atoms with Crippen LogP contribution in [0.1, 0.15) is 17.3 Å². The van der Waals surface area contributed by atoms with Crippen molar-refractivity contribution in [3.05, 3.63) is 95.3 Å². The summed E-state index contributed by atoms with van der Waals surface area (Å²) in [5, 5.41) is 8.04. The molecule has 2 amide bonds. The molecule has 0 saturated carbocycles. The van der Waals surface area contributed by atoms with Crippen LogP contribution in [0.3, 0.4) is 0 Å². The lowest BCUT2D eigenvalue weighted by atomic mass is 10.2. The van der Waals surface area contributed by atoms with Gasteiger partial charge in [-0.2, -0.15) is 0 Å². The van der Waals surface area contributed by atoms with Gasteiger partial charge >= 0.3 is 0 Å². The second-order valence-electron chi connectivity index (χ2n) is 7.39. The average Bonchev–Trinajstić information content (AvgIpc) is 2.84. The molecule has 3 N–H and O–H groups in total. The predicted molar refractivity (Wildman–Crippen MR) is 132 cm³/mol. The molecule has 0 aliphatic heterocycles. The van der Waals surface area contributed by atoms with Crippen molar-refractivity contribution in [1.29, 1.82) is 0 Å². The Morgan fingerprint density at radius 1 is 0.861 bits per heavy atom. The highest BCUT2D eigenvalue weighted by Crippen LogP contribution is 2.35. The van der Waals surface area contributed by atoms with Gasteiger partial charge in [0.15, 0.2) is 23.1 Å². The van der Waals surface area contributed by atoms with Crippen LogP contribution < -0.4 is 20.7 Å². The number of nitrogens with zero attached hydrogens (tertiary/aromatic N) is 2. The summed E-state index contributed by atoms with van der Waals surface area (Å²) in [6, 6.07) is 13.9. The fraction of sp³-hybridized carbons (Fsp3) is 0.0400. The molecular formula is C25H18ClF2N5O3. The third-order valence-corrected chi connectivity index (χ3v) is 5.08. The molecular weight excluding hydrogens is 492 g/mol. The van der Waals surface area contributed by atoms with E-state index in [-0.39, 0.29) is 39.6 Å². The van der Waals surface area contributed by atoms with Crippen LogP contribution in [0, 0.1) is 11.6 Å². The number of amides is 2. The molecule has 2 heterocycles. The van der Waals surface area contributed by atoms with Crippen molar-refractivity contribution < 1.29 is 23.1 Å². The van der Waals surface area contributed by atoms with E-state index in [4.69, 9.17) is 16.3 Å². The van der Waals surface area contributed by atoms with Gasteiger partial charge in [-0.3, -0.25) is 9.59 Å². The Morgan fingerprint density at radius 3 is 2.31 bits per heavy atom. The number of nitrogens with one attached hydrogen (secondary N) is 3. The molecule has 0 bridgehead atoms. The maximum Gasteiger partial charge on any atom is 0.259 e. The number of anilines is 4. The van der Waals surface area contributed by atoms with E-state index >= 15 is 0 Å². The summed E-state index contributed by atoms with van der Waals surface area (Å²) in [6.07, 6.45) is 2.84. The van der Waals surface area contributed by atoms with Gasteiger partial charge in [-0.1, -0.05) is 11.6 Å². The van der Waals surface area contributed by atoms with E-state index in [1.807, 2.05) is 0 Å². The molecule has 0 aliphatic rings.